The maximum atomic E-state index is 13.0. The lowest BCUT2D eigenvalue weighted by Crippen LogP contribution is -2.44. The van der Waals surface area contributed by atoms with E-state index in [2.05, 4.69) is 51.1 Å². The van der Waals surface area contributed by atoms with Gasteiger partial charge in [-0.3, -0.25) is 4.79 Å². The van der Waals surface area contributed by atoms with Crippen LogP contribution < -0.4 is 10.6 Å². The number of nitriles is 1. The van der Waals surface area contributed by atoms with Gasteiger partial charge in [0.25, 0.3) is 0 Å². The summed E-state index contributed by atoms with van der Waals surface area (Å²) >= 11 is 0. The van der Waals surface area contributed by atoms with Gasteiger partial charge >= 0.3 is 0 Å². The molecule has 2 aromatic carbocycles. The average Bonchev–Trinajstić information content (AvgIpc) is 2.88. The van der Waals surface area contributed by atoms with E-state index >= 15 is 0 Å². The molecule has 1 amide bonds. The van der Waals surface area contributed by atoms with E-state index in [0.717, 1.165) is 60.8 Å². The van der Waals surface area contributed by atoms with Crippen molar-refractivity contribution in [2.24, 2.45) is 0 Å². The molecule has 8 heteroatoms. The predicted molar refractivity (Wildman–Crippen MR) is 136 cm³/mol. The van der Waals surface area contributed by atoms with Crippen LogP contribution >= 0.6 is 0 Å². The van der Waals surface area contributed by atoms with Gasteiger partial charge in [-0.25, -0.2) is 4.98 Å². The SMILES string of the molecule is CN1CCN(c2cc(-c3ccc4c(c3)CN(C(=O)Cc3ccc(C#N)cc3)CC4)nc(N)n2)CC1. The summed E-state index contributed by atoms with van der Waals surface area (Å²) in [5, 5.41) is 8.97. The minimum atomic E-state index is 0.0920. The van der Waals surface area contributed by atoms with Crippen LogP contribution in [0.3, 0.4) is 0 Å². The Balaban J connectivity index is 1.33. The molecule has 178 valence electrons. The van der Waals surface area contributed by atoms with Crippen molar-refractivity contribution in [2.45, 2.75) is 19.4 Å². The number of nitrogen functional groups attached to an aromatic ring is 1. The quantitative estimate of drug-likeness (QED) is 0.629. The smallest absolute Gasteiger partial charge is 0.227 e. The molecule has 0 atom stereocenters. The predicted octanol–water partition coefficient (Wildman–Crippen LogP) is 2.48. The van der Waals surface area contributed by atoms with Gasteiger partial charge in [0.1, 0.15) is 5.82 Å². The van der Waals surface area contributed by atoms with Gasteiger partial charge in [-0.1, -0.05) is 24.3 Å². The third-order valence-corrected chi connectivity index (χ3v) is 6.86. The first-order chi connectivity index (χ1) is 17.0. The number of piperazine rings is 1. The van der Waals surface area contributed by atoms with Crippen molar-refractivity contribution in [3.05, 3.63) is 70.8 Å². The molecule has 1 saturated heterocycles. The Morgan fingerprint density at radius 1 is 1.00 bits per heavy atom. The van der Waals surface area contributed by atoms with Crippen LogP contribution in [-0.4, -0.2) is 65.4 Å². The topological polar surface area (TPSA) is 102 Å². The van der Waals surface area contributed by atoms with E-state index in [-0.39, 0.29) is 11.9 Å². The van der Waals surface area contributed by atoms with Gasteiger partial charge in [-0.2, -0.15) is 10.2 Å². The molecule has 2 aliphatic rings. The number of carbonyl (C=O) groups is 1. The van der Waals surface area contributed by atoms with Gasteiger partial charge < -0.3 is 20.4 Å². The van der Waals surface area contributed by atoms with Gasteiger partial charge in [-0.15, -0.1) is 0 Å². The summed E-state index contributed by atoms with van der Waals surface area (Å²) in [6, 6.07) is 17.7. The lowest BCUT2D eigenvalue weighted by atomic mass is 9.95. The molecule has 0 bridgehead atoms. The molecule has 0 spiro atoms. The van der Waals surface area contributed by atoms with Crippen LogP contribution in [-0.2, 0) is 24.2 Å². The molecule has 35 heavy (non-hydrogen) atoms. The number of hydrogen-bond donors (Lipinski definition) is 1. The van der Waals surface area contributed by atoms with Crippen LogP contribution in [0.2, 0.25) is 0 Å². The number of benzene rings is 2. The summed E-state index contributed by atoms with van der Waals surface area (Å²) < 4.78 is 0. The largest absolute Gasteiger partial charge is 0.368 e. The third kappa shape index (κ3) is 5.10. The zero-order chi connectivity index (χ0) is 24.4. The molecular formula is C27H29N7O. The van der Waals surface area contributed by atoms with Gasteiger partial charge in [-0.05, 0) is 48.4 Å². The minimum Gasteiger partial charge on any atom is -0.368 e. The fourth-order valence-corrected chi connectivity index (χ4v) is 4.71. The highest BCUT2D eigenvalue weighted by Crippen LogP contribution is 2.28. The van der Waals surface area contributed by atoms with E-state index in [4.69, 9.17) is 11.0 Å². The van der Waals surface area contributed by atoms with Gasteiger partial charge in [0, 0.05) is 50.9 Å². The van der Waals surface area contributed by atoms with Crippen molar-refractivity contribution in [3.63, 3.8) is 0 Å². The first-order valence-corrected chi connectivity index (χ1v) is 12.0. The van der Waals surface area contributed by atoms with Crippen molar-refractivity contribution in [1.29, 1.82) is 5.26 Å². The number of nitrogens with two attached hydrogens (primary N) is 1. The zero-order valence-electron chi connectivity index (χ0n) is 19.9. The summed E-state index contributed by atoms with van der Waals surface area (Å²) in [5.41, 5.74) is 11.8. The van der Waals surface area contributed by atoms with Crippen LogP contribution in [0.1, 0.15) is 22.3 Å². The molecule has 0 aliphatic carbocycles. The van der Waals surface area contributed by atoms with Crippen molar-refractivity contribution in [1.82, 2.24) is 19.8 Å². The Kier molecular flexibility index (Phi) is 6.34. The molecular weight excluding hydrogens is 438 g/mol. The molecule has 1 fully saturated rings. The summed E-state index contributed by atoms with van der Waals surface area (Å²) in [6.07, 6.45) is 1.16. The Morgan fingerprint density at radius 2 is 1.77 bits per heavy atom. The summed E-state index contributed by atoms with van der Waals surface area (Å²) in [7, 11) is 2.13. The Bertz CT molecular complexity index is 1270. The summed E-state index contributed by atoms with van der Waals surface area (Å²) in [4.78, 5) is 28.5. The lowest BCUT2D eigenvalue weighted by molar-refractivity contribution is -0.131. The highest BCUT2D eigenvalue weighted by molar-refractivity contribution is 5.79. The number of hydrogen-bond acceptors (Lipinski definition) is 7. The number of likely N-dealkylation sites (N-methyl/N-ethyl adjacent to an activating group) is 1. The second-order valence-corrected chi connectivity index (χ2v) is 9.29. The molecule has 2 N–H and O–H groups in total. The monoisotopic (exact) mass is 467 g/mol. The first kappa shape index (κ1) is 22.8. The molecule has 0 radical (unpaired) electrons. The van der Waals surface area contributed by atoms with Crippen LogP contribution in [0.4, 0.5) is 11.8 Å². The Labute approximate surface area is 205 Å². The number of aromatic nitrogens is 2. The van der Waals surface area contributed by atoms with Crippen LogP contribution in [0.15, 0.2) is 48.5 Å². The van der Waals surface area contributed by atoms with E-state index in [0.29, 0.717) is 25.1 Å². The van der Waals surface area contributed by atoms with E-state index < -0.39 is 0 Å². The second kappa shape index (κ2) is 9.72. The first-order valence-electron chi connectivity index (χ1n) is 12.0. The number of nitrogens with zero attached hydrogens (tertiary/aromatic N) is 6. The fourth-order valence-electron chi connectivity index (χ4n) is 4.71. The zero-order valence-corrected chi connectivity index (χ0v) is 19.9. The van der Waals surface area contributed by atoms with Crippen molar-refractivity contribution in [3.8, 4) is 17.3 Å². The lowest BCUT2D eigenvalue weighted by Gasteiger charge is -2.33. The maximum absolute atomic E-state index is 13.0. The summed E-state index contributed by atoms with van der Waals surface area (Å²) in [5.74, 6) is 1.22. The molecule has 1 aromatic heterocycles. The molecule has 5 rings (SSSR count). The molecule has 0 unspecified atom stereocenters. The standard InChI is InChI=1S/C27H29N7O/c1-32-10-12-33(13-11-32)25-16-24(30-27(29)31-25)22-7-6-21-8-9-34(18-23(21)15-22)26(35)14-19-2-4-20(17-28)5-3-19/h2-7,15-16H,8-14,18H2,1H3,(H2,29,30,31). The van der Waals surface area contributed by atoms with Crippen molar-refractivity contribution in [2.75, 3.05) is 50.4 Å². The molecule has 8 nitrogen and oxygen atoms in total. The van der Waals surface area contributed by atoms with E-state index in [1.807, 2.05) is 23.1 Å². The highest BCUT2D eigenvalue weighted by Gasteiger charge is 2.22. The van der Waals surface area contributed by atoms with Crippen LogP contribution in [0.5, 0.6) is 0 Å². The molecule has 2 aliphatic heterocycles. The average molecular weight is 468 g/mol. The van der Waals surface area contributed by atoms with Crippen LogP contribution in [0.25, 0.3) is 11.3 Å². The Morgan fingerprint density at radius 3 is 2.51 bits per heavy atom. The van der Waals surface area contributed by atoms with Gasteiger partial charge in [0.05, 0.1) is 23.7 Å². The Hall–Kier alpha value is -3.96. The number of amides is 1. The number of rotatable bonds is 4. The highest BCUT2D eigenvalue weighted by atomic mass is 16.2. The van der Waals surface area contributed by atoms with Crippen molar-refractivity contribution < 1.29 is 4.79 Å². The third-order valence-electron chi connectivity index (χ3n) is 6.86. The van der Waals surface area contributed by atoms with E-state index in [1.165, 1.54) is 5.56 Å². The van der Waals surface area contributed by atoms with Crippen molar-refractivity contribution >= 4 is 17.7 Å². The fraction of sp³-hybridized carbons (Fsp3) is 0.333. The van der Waals surface area contributed by atoms with E-state index in [1.54, 1.807) is 12.1 Å². The van der Waals surface area contributed by atoms with Gasteiger partial charge in [0.2, 0.25) is 11.9 Å². The molecule has 3 aromatic rings. The number of carbonyl (C=O) groups excluding carboxylic acids is 1. The number of anilines is 2. The van der Waals surface area contributed by atoms with E-state index in [9.17, 15) is 4.79 Å². The van der Waals surface area contributed by atoms with Gasteiger partial charge in [0.15, 0.2) is 0 Å². The second-order valence-electron chi connectivity index (χ2n) is 9.29. The minimum absolute atomic E-state index is 0.0920. The maximum Gasteiger partial charge on any atom is 0.227 e. The molecule has 0 saturated carbocycles. The molecule has 3 heterocycles. The summed E-state index contributed by atoms with van der Waals surface area (Å²) in [6.45, 7) is 5.08. The number of fused-ring (bicyclic) bond motifs is 1. The van der Waals surface area contributed by atoms with Crippen LogP contribution in [0, 0.1) is 11.3 Å². The normalized spacial score (nSPS) is 16.0.